The Bertz CT molecular complexity index is 396. The topological polar surface area (TPSA) is 38.3 Å². The minimum atomic E-state index is -0.397. The Labute approximate surface area is 108 Å². The molecule has 0 aliphatic carbocycles. The van der Waals surface area contributed by atoms with Gasteiger partial charge in [0.25, 0.3) is 5.91 Å². The number of amides is 1. The zero-order valence-corrected chi connectivity index (χ0v) is 11.4. The van der Waals surface area contributed by atoms with Crippen molar-refractivity contribution < 1.29 is 13.9 Å². The molecule has 0 aliphatic heterocycles. The highest BCUT2D eigenvalue weighted by Gasteiger charge is 2.07. The van der Waals surface area contributed by atoms with Gasteiger partial charge in [-0.05, 0) is 34.0 Å². The maximum Gasteiger partial charge on any atom is 0.257 e. The molecule has 1 N–H and O–H groups in total. The Balaban J connectivity index is 2.44. The summed E-state index contributed by atoms with van der Waals surface area (Å²) in [6.07, 6.45) is 0. The van der Waals surface area contributed by atoms with E-state index in [4.69, 9.17) is 4.74 Å². The fourth-order valence-electron chi connectivity index (χ4n) is 1.10. The lowest BCUT2D eigenvalue weighted by Gasteiger charge is -2.10. The van der Waals surface area contributed by atoms with E-state index in [1.165, 1.54) is 18.2 Å². The quantitative estimate of drug-likeness (QED) is 0.908. The van der Waals surface area contributed by atoms with Gasteiger partial charge < -0.3 is 10.1 Å². The summed E-state index contributed by atoms with van der Waals surface area (Å²) in [4.78, 5) is 11.4. The van der Waals surface area contributed by atoms with Gasteiger partial charge >= 0.3 is 0 Å². The van der Waals surface area contributed by atoms with Crippen LogP contribution in [0.2, 0.25) is 0 Å². The van der Waals surface area contributed by atoms with Gasteiger partial charge in [0.05, 0.1) is 4.47 Å². The molecule has 0 aliphatic rings. The summed E-state index contributed by atoms with van der Waals surface area (Å²) in [5.41, 5.74) is 0. The van der Waals surface area contributed by atoms with E-state index in [9.17, 15) is 9.18 Å². The van der Waals surface area contributed by atoms with Crippen molar-refractivity contribution in [1.82, 2.24) is 5.32 Å². The first-order chi connectivity index (χ1) is 7.99. The molecule has 0 heterocycles. The average molecular weight is 304 g/mol. The SMILES string of the molecule is CC(C)CNC(=O)COc1cc(F)ccc1Br. The van der Waals surface area contributed by atoms with E-state index in [0.29, 0.717) is 22.7 Å². The molecule has 1 aromatic carbocycles. The molecular formula is C12H15BrFNO2. The minimum absolute atomic E-state index is 0.116. The van der Waals surface area contributed by atoms with Crippen LogP contribution in [0, 0.1) is 11.7 Å². The number of hydrogen-bond donors (Lipinski definition) is 1. The zero-order chi connectivity index (χ0) is 12.8. The monoisotopic (exact) mass is 303 g/mol. The molecule has 0 fully saturated rings. The molecular weight excluding hydrogens is 289 g/mol. The van der Waals surface area contributed by atoms with Gasteiger partial charge in [0.15, 0.2) is 6.61 Å². The normalized spacial score (nSPS) is 10.4. The van der Waals surface area contributed by atoms with Crippen molar-refractivity contribution >= 4 is 21.8 Å². The van der Waals surface area contributed by atoms with Crippen LogP contribution in [0.25, 0.3) is 0 Å². The molecule has 3 nitrogen and oxygen atoms in total. The number of carbonyl (C=O) groups is 1. The minimum Gasteiger partial charge on any atom is -0.482 e. The summed E-state index contributed by atoms with van der Waals surface area (Å²) in [5, 5.41) is 2.71. The molecule has 0 saturated heterocycles. The van der Waals surface area contributed by atoms with Gasteiger partial charge in [-0.2, -0.15) is 0 Å². The number of nitrogens with one attached hydrogen (secondary N) is 1. The molecule has 0 spiro atoms. The molecule has 0 aromatic heterocycles. The second-order valence-corrected chi connectivity index (χ2v) is 4.92. The number of hydrogen-bond acceptors (Lipinski definition) is 2. The summed E-state index contributed by atoms with van der Waals surface area (Å²) in [6.45, 7) is 4.50. The first-order valence-electron chi connectivity index (χ1n) is 5.33. The Morgan fingerprint density at radius 3 is 2.88 bits per heavy atom. The second kappa shape index (κ2) is 6.59. The van der Waals surface area contributed by atoms with Crippen LogP contribution in [0.3, 0.4) is 0 Å². The summed E-state index contributed by atoms with van der Waals surface area (Å²) >= 11 is 3.22. The number of carbonyl (C=O) groups excluding carboxylic acids is 1. The summed E-state index contributed by atoms with van der Waals surface area (Å²) in [5.74, 6) is 0.102. The van der Waals surface area contributed by atoms with Gasteiger partial charge in [-0.3, -0.25) is 4.79 Å². The van der Waals surface area contributed by atoms with Crippen LogP contribution in [-0.2, 0) is 4.79 Å². The predicted octanol–water partition coefficient (Wildman–Crippen LogP) is 2.74. The van der Waals surface area contributed by atoms with Gasteiger partial charge in [0.2, 0.25) is 0 Å². The maximum absolute atomic E-state index is 12.9. The van der Waals surface area contributed by atoms with E-state index >= 15 is 0 Å². The van der Waals surface area contributed by atoms with Crippen molar-refractivity contribution in [2.75, 3.05) is 13.2 Å². The van der Waals surface area contributed by atoms with E-state index < -0.39 is 5.82 Å². The zero-order valence-electron chi connectivity index (χ0n) is 9.80. The van der Waals surface area contributed by atoms with Crippen molar-refractivity contribution in [1.29, 1.82) is 0 Å². The van der Waals surface area contributed by atoms with Crippen LogP contribution in [0.1, 0.15) is 13.8 Å². The smallest absolute Gasteiger partial charge is 0.257 e. The Morgan fingerprint density at radius 1 is 1.53 bits per heavy atom. The summed E-state index contributed by atoms with van der Waals surface area (Å²) in [6, 6.07) is 4.09. The fraction of sp³-hybridized carbons (Fsp3) is 0.417. The molecule has 5 heteroatoms. The molecule has 0 radical (unpaired) electrons. The van der Waals surface area contributed by atoms with E-state index in [1.54, 1.807) is 0 Å². The largest absolute Gasteiger partial charge is 0.482 e. The molecule has 17 heavy (non-hydrogen) atoms. The molecule has 0 saturated carbocycles. The predicted molar refractivity (Wildman–Crippen MR) is 67.4 cm³/mol. The highest BCUT2D eigenvalue weighted by molar-refractivity contribution is 9.10. The molecule has 0 atom stereocenters. The Hall–Kier alpha value is -1.10. The highest BCUT2D eigenvalue weighted by Crippen LogP contribution is 2.25. The number of benzene rings is 1. The third-order valence-corrected chi connectivity index (χ3v) is 2.61. The van der Waals surface area contributed by atoms with Gasteiger partial charge in [-0.1, -0.05) is 13.8 Å². The summed E-state index contributed by atoms with van der Waals surface area (Å²) in [7, 11) is 0. The van der Waals surface area contributed by atoms with Crippen molar-refractivity contribution in [2.45, 2.75) is 13.8 Å². The lowest BCUT2D eigenvalue weighted by Crippen LogP contribution is -2.31. The molecule has 94 valence electrons. The Morgan fingerprint density at radius 2 is 2.24 bits per heavy atom. The van der Waals surface area contributed by atoms with E-state index in [2.05, 4.69) is 21.2 Å². The standard InChI is InChI=1S/C12H15BrFNO2/c1-8(2)6-15-12(16)7-17-11-5-9(14)3-4-10(11)13/h3-5,8H,6-7H2,1-2H3,(H,15,16). The van der Waals surface area contributed by atoms with E-state index in [1.807, 2.05) is 13.8 Å². The first kappa shape index (κ1) is 14.0. The van der Waals surface area contributed by atoms with Crippen LogP contribution < -0.4 is 10.1 Å². The molecule has 1 aromatic rings. The van der Waals surface area contributed by atoms with Crippen LogP contribution >= 0.6 is 15.9 Å². The van der Waals surface area contributed by atoms with Crippen molar-refractivity contribution in [2.24, 2.45) is 5.92 Å². The number of ether oxygens (including phenoxy) is 1. The summed E-state index contributed by atoms with van der Waals surface area (Å²) < 4.78 is 18.8. The molecule has 1 rings (SSSR count). The lowest BCUT2D eigenvalue weighted by molar-refractivity contribution is -0.123. The van der Waals surface area contributed by atoms with Gasteiger partial charge in [-0.15, -0.1) is 0 Å². The average Bonchev–Trinajstić information content (AvgIpc) is 2.27. The Kier molecular flexibility index (Phi) is 5.41. The van der Waals surface area contributed by atoms with Gasteiger partial charge in [0.1, 0.15) is 11.6 Å². The highest BCUT2D eigenvalue weighted by atomic mass is 79.9. The number of halogens is 2. The fourth-order valence-corrected chi connectivity index (χ4v) is 1.46. The van der Waals surface area contributed by atoms with Crippen LogP contribution in [-0.4, -0.2) is 19.1 Å². The first-order valence-corrected chi connectivity index (χ1v) is 6.13. The third kappa shape index (κ3) is 5.17. The van der Waals surface area contributed by atoms with Crippen LogP contribution in [0.15, 0.2) is 22.7 Å². The van der Waals surface area contributed by atoms with Crippen molar-refractivity contribution in [3.05, 3.63) is 28.5 Å². The third-order valence-electron chi connectivity index (χ3n) is 1.96. The van der Waals surface area contributed by atoms with E-state index in [0.717, 1.165) is 0 Å². The van der Waals surface area contributed by atoms with Crippen molar-refractivity contribution in [3.8, 4) is 5.75 Å². The van der Waals surface area contributed by atoms with Gasteiger partial charge in [-0.25, -0.2) is 4.39 Å². The number of rotatable bonds is 5. The molecule has 0 unspecified atom stereocenters. The van der Waals surface area contributed by atoms with Crippen LogP contribution in [0.5, 0.6) is 5.75 Å². The van der Waals surface area contributed by atoms with Crippen molar-refractivity contribution in [3.63, 3.8) is 0 Å². The van der Waals surface area contributed by atoms with Crippen LogP contribution in [0.4, 0.5) is 4.39 Å². The maximum atomic E-state index is 12.9. The molecule has 0 bridgehead atoms. The van der Waals surface area contributed by atoms with Gasteiger partial charge in [0, 0.05) is 12.6 Å². The second-order valence-electron chi connectivity index (χ2n) is 4.06. The molecule has 1 amide bonds. The lowest BCUT2D eigenvalue weighted by atomic mass is 10.2. The van der Waals surface area contributed by atoms with E-state index in [-0.39, 0.29) is 12.5 Å².